The van der Waals surface area contributed by atoms with Gasteiger partial charge in [-0.3, -0.25) is 25.0 Å². The van der Waals surface area contributed by atoms with Gasteiger partial charge in [-0.25, -0.2) is 10.3 Å². The molecule has 13 nitrogen and oxygen atoms in total. The average Bonchev–Trinajstić information content (AvgIpc) is 2.99. The highest BCUT2D eigenvalue weighted by atomic mass is 16.7. The van der Waals surface area contributed by atoms with Gasteiger partial charge in [-0.15, -0.1) is 10.2 Å². The summed E-state index contributed by atoms with van der Waals surface area (Å²) in [5.74, 6) is -2.05. The van der Waals surface area contributed by atoms with Crippen LogP contribution in [-0.4, -0.2) is 26.8 Å². The van der Waals surface area contributed by atoms with Gasteiger partial charge in [0.15, 0.2) is 5.60 Å². The molecule has 40 heavy (non-hydrogen) atoms. The maximum atomic E-state index is 13.1. The van der Waals surface area contributed by atoms with E-state index in [1.165, 1.54) is 24.3 Å². The Morgan fingerprint density at radius 2 is 1.38 bits per heavy atom. The number of amides is 1. The summed E-state index contributed by atoms with van der Waals surface area (Å²) in [4.78, 5) is 50.7. The number of anilines is 1. The Morgan fingerprint density at radius 1 is 0.800 bits per heavy atom. The van der Waals surface area contributed by atoms with Gasteiger partial charge in [0.2, 0.25) is 0 Å². The summed E-state index contributed by atoms with van der Waals surface area (Å²) in [6.45, 7) is 0. The molecule has 0 atom stereocenters. The second-order valence-corrected chi connectivity index (χ2v) is 8.20. The molecule has 4 rings (SSSR count). The monoisotopic (exact) mass is 541 g/mol. The zero-order valence-corrected chi connectivity index (χ0v) is 20.4. The maximum absolute atomic E-state index is 13.1. The topological polar surface area (TPSA) is 187 Å². The van der Waals surface area contributed by atoms with Crippen molar-refractivity contribution in [2.75, 3.05) is 5.48 Å². The van der Waals surface area contributed by atoms with Crippen LogP contribution in [0, 0.1) is 20.2 Å². The van der Waals surface area contributed by atoms with Gasteiger partial charge in [0, 0.05) is 6.07 Å². The number of benzene rings is 4. The molecule has 0 aromatic heterocycles. The number of carbonyl (C=O) groups excluding carboxylic acids is 2. The van der Waals surface area contributed by atoms with Gasteiger partial charge in [-0.1, -0.05) is 60.7 Å². The van der Waals surface area contributed by atoms with E-state index in [-0.39, 0.29) is 11.4 Å². The van der Waals surface area contributed by atoms with Crippen molar-refractivity contribution in [1.29, 1.82) is 0 Å². The van der Waals surface area contributed by atoms with Crippen LogP contribution in [0.4, 0.5) is 22.7 Å². The van der Waals surface area contributed by atoms with Crippen molar-refractivity contribution < 1.29 is 29.4 Å². The Kier molecular flexibility index (Phi) is 7.97. The zero-order valence-electron chi connectivity index (χ0n) is 20.4. The van der Waals surface area contributed by atoms with Crippen LogP contribution in [0.5, 0.6) is 0 Å². The Morgan fingerprint density at radius 3 is 1.90 bits per heavy atom. The third-order valence-electron chi connectivity index (χ3n) is 5.69. The number of rotatable bonds is 9. The van der Waals surface area contributed by atoms with E-state index >= 15 is 0 Å². The first-order valence-electron chi connectivity index (χ1n) is 11.5. The lowest BCUT2D eigenvalue weighted by Crippen LogP contribution is -2.35. The van der Waals surface area contributed by atoms with Crippen LogP contribution in [0.15, 0.2) is 113 Å². The number of nitrogens with one attached hydrogen (secondary N) is 1. The molecule has 200 valence electrons. The molecular weight excluding hydrogens is 522 g/mol. The number of hydrogen-bond donors (Lipinski definition) is 2. The van der Waals surface area contributed by atoms with E-state index in [0.29, 0.717) is 17.2 Å². The predicted octanol–water partition coefficient (Wildman–Crippen LogP) is 5.23. The van der Waals surface area contributed by atoms with E-state index in [0.717, 1.165) is 12.1 Å². The number of hydrogen-bond acceptors (Lipinski definition) is 10. The minimum Gasteiger partial charge on any atom is -0.372 e. The molecule has 0 unspecified atom stereocenters. The first-order chi connectivity index (χ1) is 19.2. The number of aliphatic hydroxyl groups is 1. The number of nitro benzene ring substituents is 2. The molecule has 13 heteroatoms. The molecule has 0 fully saturated rings. The largest absolute Gasteiger partial charge is 0.372 e. The van der Waals surface area contributed by atoms with Gasteiger partial charge >= 0.3 is 11.9 Å². The smallest absolute Gasteiger partial charge is 0.369 e. The second-order valence-electron chi connectivity index (χ2n) is 8.20. The van der Waals surface area contributed by atoms with Crippen molar-refractivity contribution in [2.24, 2.45) is 10.2 Å². The van der Waals surface area contributed by atoms with Crippen molar-refractivity contribution in [2.45, 2.75) is 5.60 Å². The van der Waals surface area contributed by atoms with Gasteiger partial charge in [0.1, 0.15) is 5.56 Å². The molecule has 0 spiro atoms. The summed E-state index contributed by atoms with van der Waals surface area (Å²) in [6.07, 6.45) is 0. The summed E-state index contributed by atoms with van der Waals surface area (Å²) < 4.78 is 0. The summed E-state index contributed by atoms with van der Waals surface area (Å²) >= 11 is 0. The molecule has 0 heterocycles. The van der Waals surface area contributed by atoms with Crippen LogP contribution in [0.3, 0.4) is 0 Å². The third-order valence-corrected chi connectivity index (χ3v) is 5.69. The summed E-state index contributed by atoms with van der Waals surface area (Å²) in [7, 11) is 0. The number of azo groups is 1. The van der Waals surface area contributed by atoms with Gasteiger partial charge in [0.05, 0.1) is 27.3 Å². The zero-order chi connectivity index (χ0) is 28.7. The Hall–Kier alpha value is -5.82. The average molecular weight is 541 g/mol. The van der Waals surface area contributed by atoms with Crippen LogP contribution >= 0.6 is 0 Å². The van der Waals surface area contributed by atoms with Crippen molar-refractivity contribution in [1.82, 2.24) is 0 Å². The van der Waals surface area contributed by atoms with Gasteiger partial charge < -0.3 is 9.94 Å². The first-order valence-corrected chi connectivity index (χ1v) is 11.5. The first kappa shape index (κ1) is 27.2. The Labute approximate surface area is 225 Å². The fraction of sp³-hybridized carbons (Fsp3) is 0.0370. The number of non-ortho nitro benzene ring substituents is 1. The number of carbonyl (C=O) groups is 2. The van der Waals surface area contributed by atoms with Crippen molar-refractivity contribution in [3.8, 4) is 0 Å². The molecule has 4 aromatic carbocycles. The highest BCUT2D eigenvalue weighted by Crippen LogP contribution is 2.32. The molecule has 0 saturated heterocycles. The predicted molar refractivity (Wildman–Crippen MR) is 141 cm³/mol. The Bertz CT molecular complexity index is 1550. The fourth-order valence-electron chi connectivity index (χ4n) is 3.66. The molecular formula is C27H19N5O8. The molecule has 0 saturated carbocycles. The second kappa shape index (κ2) is 11.7. The summed E-state index contributed by atoms with van der Waals surface area (Å²) in [5.41, 5.74) is -0.453. The van der Waals surface area contributed by atoms with E-state index in [1.807, 2.05) is 0 Å². The molecule has 0 aliphatic heterocycles. The van der Waals surface area contributed by atoms with Gasteiger partial charge in [0.25, 0.3) is 11.4 Å². The fourth-order valence-corrected chi connectivity index (χ4v) is 3.66. The van der Waals surface area contributed by atoms with E-state index in [9.17, 15) is 34.9 Å². The van der Waals surface area contributed by atoms with Gasteiger partial charge in [-0.2, -0.15) is 0 Å². The lowest BCUT2D eigenvalue weighted by molar-refractivity contribution is -0.394. The maximum Gasteiger partial charge on any atom is 0.369 e. The van der Waals surface area contributed by atoms with E-state index in [2.05, 4.69) is 15.7 Å². The van der Waals surface area contributed by atoms with E-state index in [4.69, 9.17) is 4.84 Å². The molecule has 4 aromatic rings. The minimum absolute atomic E-state index is 0.236. The molecule has 2 N–H and O–H groups in total. The quantitative estimate of drug-likeness (QED) is 0.162. The summed E-state index contributed by atoms with van der Waals surface area (Å²) in [5, 5.41) is 41.2. The molecule has 0 aliphatic rings. The number of nitro groups is 2. The minimum atomic E-state index is -2.07. The van der Waals surface area contributed by atoms with Gasteiger partial charge in [-0.05, 0) is 41.5 Å². The lowest BCUT2D eigenvalue weighted by atomic mass is 9.86. The molecule has 0 aliphatic carbocycles. The van der Waals surface area contributed by atoms with E-state index < -0.39 is 44.3 Å². The van der Waals surface area contributed by atoms with Crippen LogP contribution in [0.2, 0.25) is 0 Å². The van der Waals surface area contributed by atoms with Crippen molar-refractivity contribution in [3.05, 3.63) is 140 Å². The standard InChI is InChI=1S/C27H19N5O8/c33-25(23-16-15-22(31(36)37)17-24(23)32(38)39)40-30-21-13-11-20(12-14-21)28-29-26(34)27(35,18-7-3-1-4-8-18)19-9-5-2-6-10-19/h1-17,30,35H. The SMILES string of the molecule is O=C(ONc1ccc(N=NC(=O)C(O)(c2ccccc2)c2ccccc2)cc1)c1ccc([N+](=O)[O-])cc1[N+](=O)[O-]. The Balaban J connectivity index is 1.46. The van der Waals surface area contributed by atoms with Crippen LogP contribution in [0.25, 0.3) is 0 Å². The normalized spacial score (nSPS) is 11.1. The highest BCUT2D eigenvalue weighted by molar-refractivity contribution is 5.94. The number of nitrogens with zero attached hydrogens (tertiary/aromatic N) is 4. The molecule has 0 bridgehead atoms. The van der Waals surface area contributed by atoms with Crippen LogP contribution < -0.4 is 5.48 Å². The van der Waals surface area contributed by atoms with Crippen molar-refractivity contribution in [3.63, 3.8) is 0 Å². The van der Waals surface area contributed by atoms with Crippen LogP contribution in [0.1, 0.15) is 21.5 Å². The third kappa shape index (κ3) is 5.84. The van der Waals surface area contributed by atoms with E-state index in [1.54, 1.807) is 60.7 Å². The molecule has 0 radical (unpaired) electrons. The highest BCUT2D eigenvalue weighted by Gasteiger charge is 2.40. The lowest BCUT2D eigenvalue weighted by Gasteiger charge is -2.25. The summed E-state index contributed by atoms with van der Waals surface area (Å²) in [6, 6.07) is 24.9. The van der Waals surface area contributed by atoms with Crippen LogP contribution in [-0.2, 0) is 15.2 Å². The molecule has 1 amide bonds. The van der Waals surface area contributed by atoms with Crippen molar-refractivity contribution >= 4 is 34.6 Å².